The molecule has 0 fully saturated rings. The lowest BCUT2D eigenvalue weighted by Crippen LogP contribution is -2.42. The van der Waals surface area contributed by atoms with Gasteiger partial charge in [0.25, 0.3) is 0 Å². The summed E-state index contributed by atoms with van der Waals surface area (Å²) in [6.45, 7) is 7.33. The number of rotatable bonds is 5. The lowest BCUT2D eigenvalue weighted by Gasteiger charge is -2.32. The van der Waals surface area contributed by atoms with Gasteiger partial charge in [-0.25, -0.2) is 0 Å². The second-order valence-corrected chi connectivity index (χ2v) is 5.68. The third kappa shape index (κ3) is 4.30. The zero-order valence-corrected chi connectivity index (χ0v) is 11.8. The smallest absolute Gasteiger partial charge is 0.0768 e. The molecule has 0 saturated heterocycles. The molecule has 17 heavy (non-hydrogen) atoms. The van der Waals surface area contributed by atoms with Gasteiger partial charge in [-0.3, -0.25) is 4.90 Å². The van der Waals surface area contributed by atoms with Crippen molar-refractivity contribution in [3.63, 3.8) is 0 Å². The lowest BCUT2D eigenvalue weighted by molar-refractivity contribution is -0.0146. The van der Waals surface area contributed by atoms with E-state index in [-0.39, 0.29) is 5.92 Å². The highest BCUT2D eigenvalue weighted by atomic mass is 35.5. The Hall–Kier alpha value is -0.570. The van der Waals surface area contributed by atoms with Crippen LogP contribution in [0.3, 0.4) is 0 Å². The third-order valence-corrected chi connectivity index (χ3v) is 3.60. The Kier molecular flexibility index (Phi) is 4.99. The summed E-state index contributed by atoms with van der Waals surface area (Å²) in [4.78, 5) is 2.10. The van der Waals surface area contributed by atoms with E-state index in [1.54, 1.807) is 0 Å². The molecular formula is C14H22ClNO. The number of hydrogen-bond acceptors (Lipinski definition) is 2. The maximum Gasteiger partial charge on any atom is 0.0768 e. The van der Waals surface area contributed by atoms with Crippen LogP contribution in [-0.4, -0.2) is 29.2 Å². The molecule has 0 aromatic heterocycles. The van der Waals surface area contributed by atoms with Gasteiger partial charge in [-0.15, -0.1) is 0 Å². The highest BCUT2D eigenvalue weighted by molar-refractivity contribution is 6.31. The monoisotopic (exact) mass is 255 g/mol. The Morgan fingerprint density at radius 2 is 1.94 bits per heavy atom. The quantitative estimate of drug-likeness (QED) is 0.874. The minimum absolute atomic E-state index is 0.233. The van der Waals surface area contributed by atoms with Gasteiger partial charge in [-0.1, -0.05) is 43.6 Å². The van der Waals surface area contributed by atoms with Crippen LogP contribution in [0.2, 0.25) is 5.02 Å². The molecule has 2 nitrogen and oxygen atoms in total. The first-order valence-electron chi connectivity index (χ1n) is 5.97. The fraction of sp³-hybridized carbons (Fsp3) is 0.571. The molecule has 0 saturated carbocycles. The standard InChI is InChI=1S/C14H22ClNO/c1-11(2)14(3,17)10-16(4)9-12-7-5-6-8-13(12)15/h5-8,11,17H,9-10H2,1-4H3. The average molecular weight is 256 g/mol. The number of aliphatic hydroxyl groups is 1. The van der Waals surface area contributed by atoms with Gasteiger partial charge in [0.05, 0.1) is 5.60 Å². The normalized spacial score (nSPS) is 15.3. The lowest BCUT2D eigenvalue weighted by atomic mass is 9.92. The van der Waals surface area contributed by atoms with Crippen LogP contribution in [0.1, 0.15) is 26.3 Å². The molecule has 0 aliphatic heterocycles. The van der Waals surface area contributed by atoms with Crippen molar-refractivity contribution in [3.8, 4) is 0 Å². The number of likely N-dealkylation sites (N-methyl/N-ethyl adjacent to an activating group) is 1. The molecule has 1 N–H and O–H groups in total. The summed E-state index contributed by atoms with van der Waals surface area (Å²) in [6.07, 6.45) is 0. The van der Waals surface area contributed by atoms with Crippen LogP contribution >= 0.6 is 11.6 Å². The second-order valence-electron chi connectivity index (χ2n) is 5.28. The SMILES string of the molecule is CC(C)C(C)(O)CN(C)Cc1ccccc1Cl. The van der Waals surface area contributed by atoms with Crippen molar-refractivity contribution in [2.45, 2.75) is 32.9 Å². The topological polar surface area (TPSA) is 23.5 Å². The molecular weight excluding hydrogens is 234 g/mol. The van der Waals surface area contributed by atoms with E-state index in [0.717, 1.165) is 17.1 Å². The molecule has 1 rings (SSSR count). The molecule has 1 aromatic rings. The van der Waals surface area contributed by atoms with Crippen molar-refractivity contribution < 1.29 is 5.11 Å². The first-order valence-corrected chi connectivity index (χ1v) is 6.35. The largest absolute Gasteiger partial charge is 0.389 e. The van der Waals surface area contributed by atoms with Crippen molar-refractivity contribution in [1.29, 1.82) is 0 Å². The molecule has 1 unspecified atom stereocenters. The molecule has 1 aromatic carbocycles. The minimum Gasteiger partial charge on any atom is -0.389 e. The number of benzene rings is 1. The van der Waals surface area contributed by atoms with Crippen LogP contribution in [0.5, 0.6) is 0 Å². The number of halogens is 1. The van der Waals surface area contributed by atoms with E-state index in [1.165, 1.54) is 0 Å². The number of nitrogens with zero attached hydrogens (tertiary/aromatic N) is 1. The first-order chi connectivity index (χ1) is 7.83. The van der Waals surface area contributed by atoms with E-state index in [0.29, 0.717) is 6.54 Å². The molecule has 3 heteroatoms. The van der Waals surface area contributed by atoms with E-state index in [1.807, 2.05) is 52.1 Å². The van der Waals surface area contributed by atoms with Gasteiger partial charge in [0, 0.05) is 18.1 Å². The van der Waals surface area contributed by atoms with Crippen LogP contribution in [0.4, 0.5) is 0 Å². The Bertz CT molecular complexity index is 363. The van der Waals surface area contributed by atoms with Crippen molar-refractivity contribution in [3.05, 3.63) is 34.9 Å². The van der Waals surface area contributed by atoms with Crippen LogP contribution in [0, 0.1) is 5.92 Å². The molecule has 0 radical (unpaired) electrons. The van der Waals surface area contributed by atoms with Crippen LogP contribution in [-0.2, 0) is 6.54 Å². The molecule has 0 aliphatic carbocycles. The second kappa shape index (κ2) is 5.85. The maximum atomic E-state index is 10.2. The molecule has 0 amide bonds. The summed E-state index contributed by atoms with van der Waals surface area (Å²) in [5, 5.41) is 11.0. The van der Waals surface area contributed by atoms with Crippen molar-refractivity contribution >= 4 is 11.6 Å². The summed E-state index contributed by atoms with van der Waals surface area (Å²) in [6, 6.07) is 7.82. The highest BCUT2D eigenvalue weighted by Crippen LogP contribution is 2.20. The Balaban J connectivity index is 2.62. The predicted octanol–water partition coefficient (Wildman–Crippen LogP) is 3.18. The summed E-state index contributed by atoms with van der Waals surface area (Å²) in [5.74, 6) is 0.233. The van der Waals surface area contributed by atoms with Crippen molar-refractivity contribution in [2.75, 3.05) is 13.6 Å². The fourth-order valence-corrected chi connectivity index (χ4v) is 1.90. The van der Waals surface area contributed by atoms with Gasteiger partial charge in [-0.2, -0.15) is 0 Å². The zero-order valence-electron chi connectivity index (χ0n) is 11.1. The molecule has 0 heterocycles. The van der Waals surface area contributed by atoms with Crippen LogP contribution in [0.15, 0.2) is 24.3 Å². The van der Waals surface area contributed by atoms with Gasteiger partial charge in [0.15, 0.2) is 0 Å². The average Bonchev–Trinajstić information content (AvgIpc) is 2.20. The maximum absolute atomic E-state index is 10.2. The van der Waals surface area contributed by atoms with Gasteiger partial charge in [-0.05, 0) is 31.5 Å². The number of hydrogen-bond donors (Lipinski definition) is 1. The highest BCUT2D eigenvalue weighted by Gasteiger charge is 2.26. The van der Waals surface area contributed by atoms with Crippen LogP contribution in [0.25, 0.3) is 0 Å². The Labute approximate surface area is 109 Å². The third-order valence-electron chi connectivity index (χ3n) is 3.23. The zero-order chi connectivity index (χ0) is 13.1. The molecule has 0 spiro atoms. The van der Waals surface area contributed by atoms with Gasteiger partial charge < -0.3 is 5.11 Å². The summed E-state index contributed by atoms with van der Waals surface area (Å²) in [7, 11) is 2.00. The summed E-state index contributed by atoms with van der Waals surface area (Å²) >= 11 is 6.11. The van der Waals surface area contributed by atoms with Gasteiger partial charge in [0.2, 0.25) is 0 Å². The predicted molar refractivity (Wildman–Crippen MR) is 73.2 cm³/mol. The molecule has 1 atom stereocenters. The van der Waals surface area contributed by atoms with Gasteiger partial charge >= 0.3 is 0 Å². The first kappa shape index (κ1) is 14.5. The fourth-order valence-electron chi connectivity index (χ4n) is 1.70. The van der Waals surface area contributed by atoms with Crippen molar-refractivity contribution in [1.82, 2.24) is 4.90 Å². The summed E-state index contributed by atoms with van der Waals surface area (Å²) < 4.78 is 0. The van der Waals surface area contributed by atoms with E-state index >= 15 is 0 Å². The minimum atomic E-state index is -0.671. The Morgan fingerprint density at radius 1 is 1.35 bits per heavy atom. The Morgan fingerprint density at radius 3 is 2.47 bits per heavy atom. The molecule has 96 valence electrons. The van der Waals surface area contributed by atoms with E-state index < -0.39 is 5.60 Å². The molecule has 0 bridgehead atoms. The van der Waals surface area contributed by atoms with Gasteiger partial charge in [0.1, 0.15) is 0 Å². The van der Waals surface area contributed by atoms with E-state index in [2.05, 4.69) is 4.90 Å². The van der Waals surface area contributed by atoms with E-state index in [9.17, 15) is 5.11 Å². The van der Waals surface area contributed by atoms with Crippen molar-refractivity contribution in [2.24, 2.45) is 5.92 Å². The summed E-state index contributed by atoms with van der Waals surface area (Å²) in [5.41, 5.74) is 0.423. The molecule has 0 aliphatic rings. The van der Waals surface area contributed by atoms with E-state index in [4.69, 9.17) is 11.6 Å². The van der Waals surface area contributed by atoms with Crippen LogP contribution < -0.4 is 0 Å².